The summed E-state index contributed by atoms with van der Waals surface area (Å²) in [6.45, 7) is 11.0. The van der Waals surface area contributed by atoms with Crippen molar-refractivity contribution in [3.8, 4) is 0 Å². The zero-order valence-electron chi connectivity index (χ0n) is 8.39. The third-order valence-corrected chi connectivity index (χ3v) is 1.33. The van der Waals surface area contributed by atoms with Gasteiger partial charge < -0.3 is 4.74 Å². The lowest BCUT2D eigenvalue weighted by atomic mass is 10.1. The summed E-state index contributed by atoms with van der Waals surface area (Å²) >= 11 is 0. The average molecular weight is 170 g/mol. The minimum atomic E-state index is -0.382. The molecule has 0 N–H and O–H groups in total. The molecule has 0 aromatic carbocycles. The van der Waals surface area contributed by atoms with Crippen LogP contribution in [0.1, 0.15) is 34.1 Å². The van der Waals surface area contributed by atoms with E-state index in [0.29, 0.717) is 6.42 Å². The molecule has 0 unspecified atom stereocenters. The van der Waals surface area contributed by atoms with Crippen molar-refractivity contribution in [3.63, 3.8) is 0 Å². The summed E-state index contributed by atoms with van der Waals surface area (Å²) in [6.07, 6.45) is 2.41. The number of carbonyl (C=O) groups is 1. The second-order valence-corrected chi connectivity index (χ2v) is 3.96. The van der Waals surface area contributed by atoms with Crippen LogP contribution in [0.3, 0.4) is 0 Å². The number of hydrogen-bond acceptors (Lipinski definition) is 2. The monoisotopic (exact) mass is 170 g/mol. The van der Waals surface area contributed by atoms with E-state index in [-0.39, 0.29) is 17.5 Å². The number of carbonyl (C=O) groups excluding carboxylic acids is 1. The summed E-state index contributed by atoms with van der Waals surface area (Å²) in [5, 5.41) is 0. The Morgan fingerprint density at radius 3 is 2.42 bits per heavy atom. The lowest BCUT2D eigenvalue weighted by Crippen LogP contribution is -2.27. The minimum absolute atomic E-state index is 0.0817. The number of allylic oxidation sites excluding steroid dienone is 1. The van der Waals surface area contributed by atoms with Crippen molar-refractivity contribution >= 4 is 5.97 Å². The normalized spacial score (nSPS) is 13.7. The predicted octanol–water partition coefficient (Wildman–Crippen LogP) is 2.54. The topological polar surface area (TPSA) is 26.3 Å². The summed E-state index contributed by atoms with van der Waals surface area (Å²) in [7, 11) is 0. The summed E-state index contributed by atoms with van der Waals surface area (Å²) in [4.78, 5) is 11.3. The Bertz CT molecular complexity index is 165. The second kappa shape index (κ2) is 4.29. The van der Waals surface area contributed by atoms with Gasteiger partial charge in [0.05, 0.1) is 5.92 Å². The van der Waals surface area contributed by atoms with E-state index in [1.807, 2.05) is 27.7 Å². The lowest BCUT2D eigenvalue weighted by molar-refractivity contribution is -0.159. The highest BCUT2D eigenvalue weighted by molar-refractivity contribution is 5.72. The first-order valence-electron chi connectivity index (χ1n) is 4.20. The Morgan fingerprint density at radius 2 is 2.08 bits per heavy atom. The molecule has 0 aromatic heterocycles. The fraction of sp³-hybridized carbons (Fsp3) is 0.700. The zero-order valence-corrected chi connectivity index (χ0v) is 8.39. The molecule has 0 saturated carbocycles. The van der Waals surface area contributed by atoms with Gasteiger partial charge >= 0.3 is 5.97 Å². The third kappa shape index (κ3) is 4.94. The molecule has 12 heavy (non-hydrogen) atoms. The molecular formula is C10H18O2. The van der Waals surface area contributed by atoms with Gasteiger partial charge in [0.1, 0.15) is 5.60 Å². The van der Waals surface area contributed by atoms with Crippen LogP contribution in [0.15, 0.2) is 12.7 Å². The van der Waals surface area contributed by atoms with Crippen LogP contribution in [-0.4, -0.2) is 11.6 Å². The molecule has 0 bridgehead atoms. The van der Waals surface area contributed by atoms with Crippen molar-refractivity contribution in [3.05, 3.63) is 12.7 Å². The van der Waals surface area contributed by atoms with Crippen molar-refractivity contribution in [2.75, 3.05) is 0 Å². The maximum absolute atomic E-state index is 11.3. The van der Waals surface area contributed by atoms with Gasteiger partial charge in [0.2, 0.25) is 0 Å². The van der Waals surface area contributed by atoms with Crippen molar-refractivity contribution in [2.45, 2.75) is 39.7 Å². The van der Waals surface area contributed by atoms with E-state index in [2.05, 4.69) is 6.58 Å². The van der Waals surface area contributed by atoms with Gasteiger partial charge in [-0.15, -0.1) is 6.58 Å². The molecule has 70 valence electrons. The first kappa shape index (κ1) is 11.2. The molecule has 0 rings (SSSR count). The lowest BCUT2D eigenvalue weighted by Gasteiger charge is -2.21. The summed E-state index contributed by atoms with van der Waals surface area (Å²) < 4.78 is 5.17. The van der Waals surface area contributed by atoms with E-state index < -0.39 is 0 Å². The average Bonchev–Trinajstić information content (AvgIpc) is 1.84. The zero-order chi connectivity index (χ0) is 9.78. The van der Waals surface area contributed by atoms with E-state index >= 15 is 0 Å². The molecule has 0 fully saturated rings. The van der Waals surface area contributed by atoms with Crippen LogP contribution in [0.2, 0.25) is 0 Å². The molecule has 0 spiro atoms. The van der Waals surface area contributed by atoms with Crippen LogP contribution in [0.4, 0.5) is 0 Å². The molecule has 0 amide bonds. The quantitative estimate of drug-likeness (QED) is 0.480. The highest BCUT2D eigenvalue weighted by Gasteiger charge is 2.20. The molecule has 2 heteroatoms. The van der Waals surface area contributed by atoms with E-state index in [1.54, 1.807) is 6.08 Å². The number of hydrogen-bond donors (Lipinski definition) is 0. The van der Waals surface area contributed by atoms with Crippen molar-refractivity contribution in [1.29, 1.82) is 0 Å². The SMILES string of the molecule is C=CC[C@@H](C)C(=O)OC(C)(C)C. The van der Waals surface area contributed by atoms with Crippen LogP contribution in [-0.2, 0) is 9.53 Å². The number of ether oxygens (including phenoxy) is 1. The van der Waals surface area contributed by atoms with Crippen LogP contribution in [0, 0.1) is 5.92 Å². The number of rotatable bonds is 3. The second-order valence-electron chi connectivity index (χ2n) is 3.96. The Kier molecular flexibility index (Phi) is 4.01. The molecule has 2 nitrogen and oxygen atoms in total. The van der Waals surface area contributed by atoms with Gasteiger partial charge in [0.25, 0.3) is 0 Å². The van der Waals surface area contributed by atoms with Crippen LogP contribution in [0.5, 0.6) is 0 Å². The van der Waals surface area contributed by atoms with Gasteiger partial charge in [-0.25, -0.2) is 0 Å². The van der Waals surface area contributed by atoms with Gasteiger partial charge in [0.15, 0.2) is 0 Å². The van der Waals surface area contributed by atoms with Gasteiger partial charge in [-0.2, -0.15) is 0 Å². The van der Waals surface area contributed by atoms with Crippen molar-refractivity contribution in [2.24, 2.45) is 5.92 Å². The van der Waals surface area contributed by atoms with E-state index in [4.69, 9.17) is 4.74 Å². The molecular weight excluding hydrogens is 152 g/mol. The Labute approximate surface area is 74.6 Å². The molecule has 1 atom stereocenters. The van der Waals surface area contributed by atoms with E-state index in [1.165, 1.54) is 0 Å². The Balaban J connectivity index is 3.95. The molecule has 0 heterocycles. The van der Waals surface area contributed by atoms with Gasteiger partial charge in [0, 0.05) is 0 Å². The van der Waals surface area contributed by atoms with Crippen molar-refractivity contribution in [1.82, 2.24) is 0 Å². The van der Waals surface area contributed by atoms with Crippen LogP contribution >= 0.6 is 0 Å². The van der Waals surface area contributed by atoms with Crippen molar-refractivity contribution < 1.29 is 9.53 Å². The van der Waals surface area contributed by atoms with E-state index in [0.717, 1.165) is 0 Å². The van der Waals surface area contributed by atoms with E-state index in [9.17, 15) is 4.79 Å². The molecule has 0 aliphatic heterocycles. The minimum Gasteiger partial charge on any atom is -0.460 e. The third-order valence-electron chi connectivity index (χ3n) is 1.33. The largest absolute Gasteiger partial charge is 0.460 e. The first-order chi connectivity index (χ1) is 5.37. The molecule has 0 saturated heterocycles. The van der Waals surface area contributed by atoms with Crippen LogP contribution in [0.25, 0.3) is 0 Å². The Morgan fingerprint density at radius 1 is 1.58 bits per heavy atom. The summed E-state index contributed by atoms with van der Waals surface area (Å²) in [6, 6.07) is 0. The molecule has 0 radical (unpaired) electrons. The maximum Gasteiger partial charge on any atom is 0.309 e. The molecule has 0 aliphatic rings. The highest BCUT2D eigenvalue weighted by Crippen LogP contribution is 2.13. The fourth-order valence-corrected chi connectivity index (χ4v) is 0.749. The summed E-state index contributed by atoms with van der Waals surface area (Å²) in [5.74, 6) is -0.232. The fourth-order valence-electron chi connectivity index (χ4n) is 0.749. The standard InChI is InChI=1S/C10H18O2/c1-6-7-8(2)9(11)12-10(3,4)5/h6,8H,1,7H2,2-5H3/t8-/m1/s1. The predicted molar refractivity (Wildman–Crippen MR) is 49.8 cm³/mol. The van der Waals surface area contributed by atoms with Gasteiger partial charge in [-0.1, -0.05) is 13.0 Å². The summed E-state index contributed by atoms with van der Waals surface area (Å²) in [5.41, 5.74) is -0.382. The highest BCUT2D eigenvalue weighted by atomic mass is 16.6. The van der Waals surface area contributed by atoms with Gasteiger partial charge in [-0.3, -0.25) is 4.79 Å². The first-order valence-corrected chi connectivity index (χ1v) is 4.20. The molecule has 0 aliphatic carbocycles. The molecule has 0 aromatic rings. The maximum atomic E-state index is 11.3. The van der Waals surface area contributed by atoms with Gasteiger partial charge in [-0.05, 0) is 27.2 Å². The Hall–Kier alpha value is -0.790. The smallest absolute Gasteiger partial charge is 0.309 e. The number of esters is 1. The van der Waals surface area contributed by atoms with Crippen LogP contribution < -0.4 is 0 Å².